The van der Waals surface area contributed by atoms with E-state index in [1.807, 2.05) is 0 Å². The molecule has 1 aliphatic carbocycles. The number of carboxylic acid groups (broad SMARTS) is 1. The zero-order valence-electron chi connectivity index (χ0n) is 13.6. The van der Waals surface area contributed by atoms with Crippen LogP contribution in [0.5, 0.6) is 0 Å². The number of carboxylic acids is 1. The summed E-state index contributed by atoms with van der Waals surface area (Å²) in [5, 5.41) is 21.9. The first-order valence-electron chi connectivity index (χ1n) is 7.87. The molecule has 1 fully saturated rings. The van der Waals surface area contributed by atoms with Gasteiger partial charge in [-0.05, 0) is 31.9 Å². The first-order chi connectivity index (χ1) is 11.8. The maximum Gasteiger partial charge on any atom is 0.272 e. The van der Waals surface area contributed by atoms with Crippen molar-refractivity contribution in [2.24, 2.45) is 11.8 Å². The van der Waals surface area contributed by atoms with Crippen molar-refractivity contribution in [3.63, 3.8) is 0 Å². The molecule has 1 aromatic rings. The highest BCUT2D eigenvalue weighted by molar-refractivity contribution is 5.96. The number of nitro benzene ring substituents is 1. The standard InChI is InChI=1S/C16H19N3O6/c1-9-8-10(6-7-13(9)19(24)25)14(20)17-18-15(21)11-4-2-3-5-12(11)16(22)23/h6-8,11-12H,2-5H2,1H3,(H,17,20)(H,18,21)(H,22,23)/p-1/t11-,12-/m0/s1. The molecule has 0 radical (unpaired) electrons. The van der Waals surface area contributed by atoms with Gasteiger partial charge in [0.15, 0.2) is 0 Å². The lowest BCUT2D eigenvalue weighted by Crippen LogP contribution is -2.49. The summed E-state index contributed by atoms with van der Waals surface area (Å²) in [6.45, 7) is 1.50. The molecular weight excluding hydrogens is 330 g/mol. The number of nitrogens with one attached hydrogen (secondary N) is 2. The summed E-state index contributed by atoms with van der Waals surface area (Å²) in [7, 11) is 0. The number of rotatable bonds is 4. The molecule has 0 unspecified atom stereocenters. The maximum absolute atomic E-state index is 12.2. The molecule has 9 nitrogen and oxygen atoms in total. The highest BCUT2D eigenvalue weighted by Crippen LogP contribution is 2.29. The number of aryl methyl sites for hydroxylation is 1. The Bertz CT molecular complexity index is 718. The van der Waals surface area contributed by atoms with Gasteiger partial charge in [0.1, 0.15) is 0 Å². The molecule has 2 rings (SSSR count). The Morgan fingerprint density at radius 2 is 1.76 bits per heavy atom. The summed E-state index contributed by atoms with van der Waals surface area (Å²) in [6, 6.07) is 3.82. The summed E-state index contributed by atoms with van der Waals surface area (Å²) in [4.78, 5) is 45.5. The summed E-state index contributed by atoms with van der Waals surface area (Å²) in [5.41, 5.74) is 4.78. The third-order valence-electron chi connectivity index (χ3n) is 4.36. The molecule has 2 amide bonds. The number of benzene rings is 1. The van der Waals surface area contributed by atoms with Crippen LogP contribution in [0.4, 0.5) is 5.69 Å². The normalized spacial score (nSPS) is 19.7. The lowest BCUT2D eigenvalue weighted by molar-refractivity contribution is -0.385. The van der Waals surface area contributed by atoms with Gasteiger partial charge in [-0.3, -0.25) is 30.6 Å². The first-order valence-corrected chi connectivity index (χ1v) is 7.87. The zero-order chi connectivity index (χ0) is 18.6. The van der Waals surface area contributed by atoms with Crippen LogP contribution in [0.15, 0.2) is 18.2 Å². The van der Waals surface area contributed by atoms with Gasteiger partial charge in [0.2, 0.25) is 5.91 Å². The van der Waals surface area contributed by atoms with Crippen LogP contribution in [0.25, 0.3) is 0 Å². The van der Waals surface area contributed by atoms with Crippen molar-refractivity contribution in [3.8, 4) is 0 Å². The van der Waals surface area contributed by atoms with E-state index in [-0.39, 0.29) is 11.3 Å². The van der Waals surface area contributed by atoms with E-state index in [1.165, 1.54) is 25.1 Å². The quantitative estimate of drug-likeness (QED) is 0.589. The second kappa shape index (κ2) is 7.73. The molecule has 2 atom stereocenters. The van der Waals surface area contributed by atoms with Gasteiger partial charge in [0.25, 0.3) is 11.6 Å². The minimum Gasteiger partial charge on any atom is -0.550 e. The van der Waals surface area contributed by atoms with E-state index >= 15 is 0 Å². The van der Waals surface area contributed by atoms with Crippen LogP contribution in [0.3, 0.4) is 0 Å². The van der Waals surface area contributed by atoms with Crippen molar-refractivity contribution in [1.29, 1.82) is 0 Å². The van der Waals surface area contributed by atoms with Crippen LogP contribution < -0.4 is 16.0 Å². The summed E-state index contributed by atoms with van der Waals surface area (Å²) < 4.78 is 0. The van der Waals surface area contributed by atoms with E-state index < -0.39 is 34.5 Å². The number of hydrazine groups is 1. The van der Waals surface area contributed by atoms with Crippen LogP contribution in [-0.4, -0.2) is 22.7 Å². The lowest BCUT2D eigenvalue weighted by Gasteiger charge is -2.31. The van der Waals surface area contributed by atoms with E-state index in [0.717, 1.165) is 12.8 Å². The molecule has 25 heavy (non-hydrogen) atoms. The predicted molar refractivity (Wildman–Crippen MR) is 83.9 cm³/mol. The van der Waals surface area contributed by atoms with Gasteiger partial charge < -0.3 is 9.90 Å². The molecule has 0 aliphatic heterocycles. The van der Waals surface area contributed by atoms with E-state index in [1.54, 1.807) is 0 Å². The SMILES string of the molecule is Cc1cc(C(=O)NNC(=O)[C@H]2CCCC[C@@H]2C(=O)[O-])ccc1[N+](=O)[O-]. The smallest absolute Gasteiger partial charge is 0.272 e. The third-order valence-corrected chi connectivity index (χ3v) is 4.36. The van der Waals surface area contributed by atoms with Crippen molar-refractivity contribution < 1.29 is 24.4 Å². The molecule has 1 saturated carbocycles. The van der Waals surface area contributed by atoms with Crippen molar-refractivity contribution >= 4 is 23.5 Å². The number of hydrogen-bond donors (Lipinski definition) is 2. The minimum absolute atomic E-state index is 0.111. The number of carbonyl (C=O) groups excluding carboxylic acids is 3. The minimum atomic E-state index is -1.27. The van der Waals surface area contributed by atoms with Crippen LogP contribution >= 0.6 is 0 Å². The Balaban J connectivity index is 1.99. The number of aliphatic carboxylic acids is 1. The molecule has 0 aromatic heterocycles. The second-order valence-electron chi connectivity index (χ2n) is 6.02. The third kappa shape index (κ3) is 4.31. The van der Waals surface area contributed by atoms with Crippen molar-refractivity contribution in [1.82, 2.24) is 10.9 Å². The largest absolute Gasteiger partial charge is 0.550 e. The van der Waals surface area contributed by atoms with Crippen LogP contribution in [0.2, 0.25) is 0 Å². The first kappa shape index (κ1) is 18.4. The van der Waals surface area contributed by atoms with Crippen LogP contribution in [-0.2, 0) is 9.59 Å². The average molecular weight is 348 g/mol. The number of nitro groups is 1. The lowest BCUT2D eigenvalue weighted by atomic mass is 9.79. The number of carbonyl (C=O) groups is 3. The molecule has 9 heteroatoms. The van der Waals surface area contributed by atoms with Gasteiger partial charge in [-0.15, -0.1) is 0 Å². The molecule has 0 bridgehead atoms. The highest BCUT2D eigenvalue weighted by Gasteiger charge is 2.32. The fourth-order valence-electron chi connectivity index (χ4n) is 3.01. The average Bonchev–Trinajstić information content (AvgIpc) is 2.58. The molecule has 0 saturated heterocycles. The second-order valence-corrected chi connectivity index (χ2v) is 6.02. The Hall–Kier alpha value is -2.97. The van der Waals surface area contributed by atoms with E-state index in [4.69, 9.17) is 0 Å². The van der Waals surface area contributed by atoms with Crippen LogP contribution in [0, 0.1) is 28.9 Å². The monoisotopic (exact) mass is 348 g/mol. The molecule has 0 spiro atoms. The van der Waals surface area contributed by atoms with Crippen LogP contribution in [0.1, 0.15) is 41.6 Å². The Labute approximate surface area is 143 Å². The predicted octanol–water partition coefficient (Wildman–Crippen LogP) is 0.221. The van der Waals surface area contributed by atoms with E-state index in [2.05, 4.69) is 10.9 Å². The van der Waals surface area contributed by atoms with Crippen molar-refractivity contribution in [3.05, 3.63) is 39.4 Å². The van der Waals surface area contributed by atoms with Crippen molar-refractivity contribution in [2.45, 2.75) is 32.6 Å². The van der Waals surface area contributed by atoms with Gasteiger partial charge in [-0.2, -0.15) is 0 Å². The van der Waals surface area contributed by atoms with E-state index in [9.17, 15) is 29.6 Å². The highest BCUT2D eigenvalue weighted by atomic mass is 16.6. The summed E-state index contributed by atoms with van der Waals surface area (Å²) in [6.07, 6.45) is 2.24. The Morgan fingerprint density at radius 3 is 2.32 bits per heavy atom. The summed E-state index contributed by atoms with van der Waals surface area (Å²) in [5.74, 6) is -4.12. The maximum atomic E-state index is 12.2. The van der Waals surface area contributed by atoms with Gasteiger partial charge in [0, 0.05) is 35.0 Å². The fraction of sp³-hybridized carbons (Fsp3) is 0.438. The van der Waals surface area contributed by atoms with Gasteiger partial charge in [-0.25, -0.2) is 0 Å². The molecule has 1 aliphatic rings. The van der Waals surface area contributed by atoms with E-state index in [0.29, 0.717) is 18.4 Å². The van der Waals surface area contributed by atoms with Gasteiger partial charge >= 0.3 is 0 Å². The number of amides is 2. The number of nitrogens with zero attached hydrogens (tertiary/aromatic N) is 1. The fourth-order valence-corrected chi connectivity index (χ4v) is 3.01. The molecule has 134 valence electrons. The zero-order valence-corrected chi connectivity index (χ0v) is 13.6. The topological polar surface area (TPSA) is 141 Å². The molecule has 2 N–H and O–H groups in total. The van der Waals surface area contributed by atoms with Crippen molar-refractivity contribution in [2.75, 3.05) is 0 Å². The summed E-state index contributed by atoms with van der Waals surface area (Å²) >= 11 is 0. The van der Waals surface area contributed by atoms with Gasteiger partial charge in [-0.1, -0.05) is 12.8 Å². The Kier molecular flexibility index (Phi) is 5.68. The Morgan fingerprint density at radius 1 is 1.12 bits per heavy atom. The van der Waals surface area contributed by atoms with Gasteiger partial charge in [0.05, 0.1) is 4.92 Å². The molecule has 0 heterocycles. The number of hydrogen-bond acceptors (Lipinski definition) is 6. The molecule has 1 aromatic carbocycles. The molecular formula is C16H18N3O6-.